The van der Waals surface area contributed by atoms with Crippen molar-refractivity contribution in [1.82, 2.24) is 0 Å². The molecule has 1 heterocycles. The highest BCUT2D eigenvalue weighted by molar-refractivity contribution is 9.10. The molecule has 5 heteroatoms. The highest BCUT2D eigenvalue weighted by Crippen LogP contribution is 2.32. The third kappa shape index (κ3) is 2.68. The largest absolute Gasteiger partial charge is 0.496 e. The van der Waals surface area contributed by atoms with Crippen molar-refractivity contribution < 1.29 is 14.2 Å². The molecular formula is C12H10BrFO2S. The number of hydrogen-bond acceptors (Lipinski definition) is 3. The summed E-state index contributed by atoms with van der Waals surface area (Å²) in [6.45, 7) is 0. The highest BCUT2D eigenvalue weighted by Gasteiger charge is 2.14. The minimum atomic E-state index is -0.763. The zero-order chi connectivity index (χ0) is 12.4. The highest BCUT2D eigenvalue weighted by atomic mass is 79.9. The second-order valence-corrected chi connectivity index (χ2v) is 5.26. The van der Waals surface area contributed by atoms with E-state index < -0.39 is 6.10 Å². The van der Waals surface area contributed by atoms with Gasteiger partial charge in [0.1, 0.15) is 17.7 Å². The summed E-state index contributed by atoms with van der Waals surface area (Å²) in [5.41, 5.74) is 0.641. The van der Waals surface area contributed by atoms with Crippen molar-refractivity contribution in [2.45, 2.75) is 6.10 Å². The van der Waals surface area contributed by atoms with Crippen LogP contribution in [0.1, 0.15) is 16.5 Å². The second kappa shape index (κ2) is 5.16. The molecule has 0 aliphatic rings. The van der Waals surface area contributed by atoms with Gasteiger partial charge >= 0.3 is 0 Å². The zero-order valence-corrected chi connectivity index (χ0v) is 11.4. The molecule has 17 heavy (non-hydrogen) atoms. The number of ether oxygens (including phenoxy) is 1. The van der Waals surface area contributed by atoms with Crippen molar-refractivity contribution in [3.63, 3.8) is 0 Å². The van der Waals surface area contributed by atoms with Crippen LogP contribution in [0.2, 0.25) is 0 Å². The Morgan fingerprint density at radius 1 is 1.41 bits per heavy atom. The Labute approximate surface area is 111 Å². The van der Waals surface area contributed by atoms with Crippen molar-refractivity contribution in [3.8, 4) is 5.75 Å². The van der Waals surface area contributed by atoms with E-state index in [2.05, 4.69) is 15.9 Å². The molecule has 0 aliphatic heterocycles. The average molecular weight is 317 g/mol. The van der Waals surface area contributed by atoms with Crippen LogP contribution in [0.25, 0.3) is 0 Å². The molecule has 1 atom stereocenters. The lowest BCUT2D eigenvalue weighted by atomic mass is 10.1. The predicted octanol–water partition coefficient (Wildman–Crippen LogP) is 3.74. The molecule has 0 amide bonds. The van der Waals surface area contributed by atoms with Crippen LogP contribution >= 0.6 is 27.3 Å². The van der Waals surface area contributed by atoms with Gasteiger partial charge in [-0.3, -0.25) is 0 Å². The third-order valence-electron chi connectivity index (χ3n) is 2.36. The van der Waals surface area contributed by atoms with Crippen molar-refractivity contribution >= 4 is 27.3 Å². The lowest BCUT2D eigenvalue weighted by molar-refractivity contribution is 0.223. The van der Waals surface area contributed by atoms with E-state index in [0.29, 0.717) is 15.8 Å². The minimum Gasteiger partial charge on any atom is -0.496 e. The van der Waals surface area contributed by atoms with E-state index in [-0.39, 0.29) is 5.82 Å². The zero-order valence-electron chi connectivity index (χ0n) is 8.98. The molecule has 0 saturated carbocycles. The van der Waals surface area contributed by atoms with Crippen LogP contribution in [0.5, 0.6) is 5.75 Å². The van der Waals surface area contributed by atoms with Crippen LogP contribution in [0.4, 0.5) is 4.39 Å². The van der Waals surface area contributed by atoms with E-state index in [1.807, 2.05) is 5.38 Å². The molecule has 1 aromatic heterocycles. The molecule has 0 aliphatic carbocycles. The summed E-state index contributed by atoms with van der Waals surface area (Å²) in [5, 5.41) is 11.9. The first kappa shape index (κ1) is 12.5. The first-order chi connectivity index (χ1) is 8.11. The van der Waals surface area contributed by atoms with E-state index >= 15 is 0 Å². The van der Waals surface area contributed by atoms with Gasteiger partial charge in [-0.15, -0.1) is 11.3 Å². The van der Waals surface area contributed by atoms with Gasteiger partial charge in [-0.05, 0) is 39.7 Å². The number of aliphatic hydroxyl groups is 1. The Bertz CT molecular complexity index is 527. The van der Waals surface area contributed by atoms with Gasteiger partial charge in [0.25, 0.3) is 0 Å². The first-order valence-corrected chi connectivity index (χ1v) is 6.54. The van der Waals surface area contributed by atoms with E-state index in [4.69, 9.17) is 4.74 Å². The number of methoxy groups -OCH3 is 1. The maximum Gasteiger partial charge on any atom is 0.137 e. The number of rotatable bonds is 3. The van der Waals surface area contributed by atoms with E-state index in [1.165, 1.54) is 17.4 Å². The fourth-order valence-electron chi connectivity index (χ4n) is 1.43. The molecule has 0 bridgehead atoms. The molecule has 0 spiro atoms. The topological polar surface area (TPSA) is 29.5 Å². The Hall–Kier alpha value is -0.910. The molecule has 0 saturated heterocycles. The van der Waals surface area contributed by atoms with Crippen LogP contribution in [-0.2, 0) is 0 Å². The van der Waals surface area contributed by atoms with Crippen molar-refractivity contribution in [1.29, 1.82) is 0 Å². The fraction of sp³-hybridized carbons (Fsp3) is 0.167. The lowest BCUT2D eigenvalue weighted by Crippen LogP contribution is -1.97. The molecule has 2 rings (SSSR count). The maximum atomic E-state index is 13.1. The van der Waals surface area contributed by atoms with Crippen molar-refractivity contribution in [2.24, 2.45) is 0 Å². The third-order valence-corrected chi connectivity index (χ3v) is 3.93. The van der Waals surface area contributed by atoms with Crippen LogP contribution in [0, 0.1) is 5.82 Å². The summed E-state index contributed by atoms with van der Waals surface area (Å²) in [5.74, 6) is 0.370. The Morgan fingerprint density at radius 2 is 2.18 bits per heavy atom. The number of hydrogen-bond donors (Lipinski definition) is 1. The monoisotopic (exact) mass is 316 g/mol. The van der Waals surface area contributed by atoms with Gasteiger partial charge in [0.15, 0.2) is 0 Å². The molecule has 2 nitrogen and oxygen atoms in total. The number of benzene rings is 1. The first-order valence-electron chi connectivity index (χ1n) is 4.87. The number of thiophene rings is 1. The van der Waals surface area contributed by atoms with E-state index in [1.54, 1.807) is 25.3 Å². The Morgan fingerprint density at radius 3 is 2.76 bits per heavy atom. The summed E-state index contributed by atoms with van der Waals surface area (Å²) in [6, 6.07) is 6.24. The smallest absolute Gasteiger partial charge is 0.137 e. The predicted molar refractivity (Wildman–Crippen MR) is 69.0 cm³/mol. The minimum absolute atomic E-state index is 0.343. The molecule has 2 aromatic rings. The summed E-state index contributed by atoms with van der Waals surface area (Å²) in [6.07, 6.45) is -0.763. The van der Waals surface area contributed by atoms with Crippen LogP contribution in [0.3, 0.4) is 0 Å². The standard InChI is InChI=1S/C12H10BrFO2S/c1-16-8-5-11(17-6-8)12(15)7-2-3-10(14)9(13)4-7/h2-6,12,15H,1H3. The summed E-state index contributed by atoms with van der Waals surface area (Å²) in [7, 11) is 1.58. The molecule has 0 fully saturated rings. The quantitative estimate of drug-likeness (QED) is 0.934. The fourth-order valence-corrected chi connectivity index (χ4v) is 2.69. The van der Waals surface area contributed by atoms with Gasteiger partial charge < -0.3 is 9.84 Å². The summed E-state index contributed by atoms with van der Waals surface area (Å²) < 4.78 is 18.5. The second-order valence-electron chi connectivity index (χ2n) is 3.46. The molecule has 1 unspecified atom stereocenters. The van der Waals surface area contributed by atoms with Gasteiger partial charge in [-0.2, -0.15) is 0 Å². The average Bonchev–Trinajstić information content (AvgIpc) is 2.80. The number of halogens is 2. The van der Waals surface area contributed by atoms with Crippen LogP contribution < -0.4 is 4.74 Å². The summed E-state index contributed by atoms with van der Waals surface area (Å²) >= 11 is 4.50. The molecule has 1 aromatic carbocycles. The SMILES string of the molecule is COc1csc(C(O)c2ccc(F)c(Br)c2)c1. The van der Waals surface area contributed by atoms with Gasteiger partial charge in [0.05, 0.1) is 11.6 Å². The summed E-state index contributed by atoms with van der Waals surface area (Å²) in [4.78, 5) is 0.764. The number of aliphatic hydroxyl groups excluding tert-OH is 1. The lowest BCUT2D eigenvalue weighted by Gasteiger charge is -2.09. The van der Waals surface area contributed by atoms with Crippen molar-refractivity contribution in [3.05, 3.63) is 50.4 Å². The van der Waals surface area contributed by atoms with Gasteiger partial charge in [0, 0.05) is 10.3 Å². The van der Waals surface area contributed by atoms with Gasteiger partial charge in [-0.25, -0.2) is 4.39 Å². The molecule has 90 valence electrons. The molecule has 1 N–H and O–H groups in total. The maximum absolute atomic E-state index is 13.1. The van der Waals surface area contributed by atoms with Crippen LogP contribution in [-0.4, -0.2) is 12.2 Å². The molecule has 0 radical (unpaired) electrons. The normalized spacial score (nSPS) is 12.5. The van der Waals surface area contributed by atoms with E-state index in [0.717, 1.165) is 4.88 Å². The van der Waals surface area contributed by atoms with Crippen molar-refractivity contribution in [2.75, 3.05) is 7.11 Å². The molecular weight excluding hydrogens is 307 g/mol. The van der Waals surface area contributed by atoms with Crippen LogP contribution in [0.15, 0.2) is 34.1 Å². The Kier molecular flexibility index (Phi) is 3.81. The van der Waals surface area contributed by atoms with Gasteiger partial charge in [-0.1, -0.05) is 6.07 Å². The van der Waals surface area contributed by atoms with E-state index in [9.17, 15) is 9.50 Å². The Balaban J connectivity index is 2.29. The van der Waals surface area contributed by atoms with Gasteiger partial charge in [0.2, 0.25) is 0 Å².